The molecule has 3 rings (SSSR count). The number of aromatic amines is 1. The van der Waals surface area contributed by atoms with Gasteiger partial charge in [0.2, 0.25) is 0 Å². The van der Waals surface area contributed by atoms with E-state index in [2.05, 4.69) is 9.97 Å². The van der Waals surface area contributed by atoms with E-state index < -0.39 is 24.9 Å². The van der Waals surface area contributed by atoms with Gasteiger partial charge in [0.05, 0.1) is 19.8 Å². The van der Waals surface area contributed by atoms with E-state index in [0.29, 0.717) is 12.4 Å². The number of hydrogen-bond acceptors (Lipinski definition) is 5. The SMILES string of the molecule is OC[C@@H](O)[C@H](OCc1ccccc1)[C@H](OCc1ccccc1)c1ncc[nH]1. The fourth-order valence-corrected chi connectivity index (χ4v) is 2.79. The lowest BCUT2D eigenvalue weighted by atomic mass is 10.1. The van der Waals surface area contributed by atoms with E-state index >= 15 is 0 Å². The van der Waals surface area contributed by atoms with Gasteiger partial charge in [-0.3, -0.25) is 0 Å². The normalized spacial score (nSPS) is 14.6. The number of aliphatic hydroxyl groups excluding tert-OH is 2. The van der Waals surface area contributed by atoms with Crippen molar-refractivity contribution >= 4 is 0 Å². The first-order valence-corrected chi connectivity index (χ1v) is 8.87. The number of rotatable bonds is 10. The second kappa shape index (κ2) is 9.99. The molecule has 0 bridgehead atoms. The minimum atomic E-state index is -1.11. The van der Waals surface area contributed by atoms with Crippen LogP contribution in [-0.2, 0) is 22.7 Å². The van der Waals surface area contributed by atoms with Gasteiger partial charge in [0.1, 0.15) is 24.1 Å². The number of aromatic nitrogens is 2. The molecule has 3 N–H and O–H groups in total. The van der Waals surface area contributed by atoms with Crippen LogP contribution in [0.2, 0.25) is 0 Å². The fourth-order valence-electron chi connectivity index (χ4n) is 2.79. The van der Waals surface area contributed by atoms with Crippen molar-refractivity contribution in [2.45, 2.75) is 31.5 Å². The van der Waals surface area contributed by atoms with Crippen LogP contribution in [0, 0.1) is 0 Å². The summed E-state index contributed by atoms with van der Waals surface area (Å²) in [6.07, 6.45) is 0.748. The molecule has 0 spiro atoms. The van der Waals surface area contributed by atoms with Crippen LogP contribution in [0.1, 0.15) is 23.1 Å². The maximum absolute atomic E-state index is 10.4. The van der Waals surface area contributed by atoms with Gasteiger partial charge in [0.25, 0.3) is 0 Å². The van der Waals surface area contributed by atoms with Gasteiger partial charge >= 0.3 is 0 Å². The Labute approximate surface area is 158 Å². The molecule has 1 heterocycles. The molecule has 1 aromatic heterocycles. The Kier molecular flexibility index (Phi) is 7.12. The number of H-pyrrole nitrogens is 1. The van der Waals surface area contributed by atoms with Gasteiger partial charge in [0, 0.05) is 12.4 Å². The van der Waals surface area contributed by atoms with Crippen molar-refractivity contribution in [1.82, 2.24) is 9.97 Å². The summed E-state index contributed by atoms with van der Waals surface area (Å²) in [5.41, 5.74) is 1.96. The molecule has 6 heteroatoms. The van der Waals surface area contributed by atoms with E-state index in [9.17, 15) is 10.2 Å². The quantitative estimate of drug-likeness (QED) is 0.512. The number of nitrogens with zero attached hydrogens (tertiary/aromatic N) is 1. The molecule has 0 aliphatic rings. The largest absolute Gasteiger partial charge is 0.394 e. The van der Waals surface area contributed by atoms with Crippen LogP contribution in [0.3, 0.4) is 0 Å². The van der Waals surface area contributed by atoms with Gasteiger partial charge in [-0.2, -0.15) is 0 Å². The van der Waals surface area contributed by atoms with Gasteiger partial charge in [-0.15, -0.1) is 0 Å². The van der Waals surface area contributed by atoms with Crippen LogP contribution in [0.4, 0.5) is 0 Å². The molecular weight excluding hydrogens is 344 g/mol. The van der Waals surface area contributed by atoms with E-state index in [-0.39, 0.29) is 6.61 Å². The predicted octanol–water partition coefficient (Wildman–Crippen LogP) is 2.61. The van der Waals surface area contributed by atoms with Crippen molar-refractivity contribution in [3.8, 4) is 0 Å². The molecule has 3 atom stereocenters. The molecule has 0 radical (unpaired) electrons. The zero-order valence-corrected chi connectivity index (χ0v) is 14.9. The third kappa shape index (κ3) is 5.48. The lowest BCUT2D eigenvalue weighted by Crippen LogP contribution is -2.39. The molecule has 0 unspecified atom stereocenters. The first-order chi connectivity index (χ1) is 13.3. The van der Waals surface area contributed by atoms with E-state index in [4.69, 9.17) is 9.47 Å². The van der Waals surface area contributed by atoms with Crippen molar-refractivity contribution in [1.29, 1.82) is 0 Å². The molecule has 27 heavy (non-hydrogen) atoms. The minimum absolute atomic E-state index is 0.286. The summed E-state index contributed by atoms with van der Waals surface area (Å²) in [6, 6.07) is 19.4. The number of aliphatic hydroxyl groups is 2. The van der Waals surface area contributed by atoms with Crippen LogP contribution >= 0.6 is 0 Å². The fraction of sp³-hybridized carbons (Fsp3) is 0.286. The van der Waals surface area contributed by atoms with Gasteiger partial charge in [-0.25, -0.2) is 4.98 Å². The molecule has 2 aromatic carbocycles. The molecule has 0 amide bonds. The highest BCUT2D eigenvalue weighted by Crippen LogP contribution is 2.26. The van der Waals surface area contributed by atoms with Crippen molar-refractivity contribution in [2.75, 3.05) is 6.61 Å². The Bertz CT molecular complexity index is 765. The Balaban J connectivity index is 1.76. The zero-order chi connectivity index (χ0) is 18.9. The van der Waals surface area contributed by atoms with E-state index in [1.54, 1.807) is 12.4 Å². The van der Waals surface area contributed by atoms with Crippen molar-refractivity contribution in [2.24, 2.45) is 0 Å². The summed E-state index contributed by atoms with van der Waals surface area (Å²) < 4.78 is 12.0. The number of imidazole rings is 1. The number of hydrogen-bond donors (Lipinski definition) is 3. The summed E-state index contributed by atoms with van der Waals surface area (Å²) in [7, 11) is 0. The summed E-state index contributed by atoms with van der Waals surface area (Å²) >= 11 is 0. The molecule has 0 fully saturated rings. The van der Waals surface area contributed by atoms with Crippen LogP contribution in [0.15, 0.2) is 73.1 Å². The molecule has 0 saturated carbocycles. The first kappa shape index (κ1) is 19.3. The van der Waals surface area contributed by atoms with E-state index in [0.717, 1.165) is 11.1 Å². The summed E-state index contributed by atoms with van der Waals surface area (Å²) in [6.45, 7) is 0.176. The Morgan fingerprint density at radius 1 is 0.889 bits per heavy atom. The lowest BCUT2D eigenvalue weighted by molar-refractivity contribution is -0.145. The minimum Gasteiger partial charge on any atom is -0.394 e. The number of nitrogens with one attached hydrogen (secondary N) is 1. The molecule has 6 nitrogen and oxygen atoms in total. The van der Waals surface area contributed by atoms with Gasteiger partial charge in [0.15, 0.2) is 0 Å². The Hall–Kier alpha value is -2.51. The van der Waals surface area contributed by atoms with Crippen LogP contribution in [-0.4, -0.2) is 39.0 Å². The highest BCUT2D eigenvalue weighted by molar-refractivity contribution is 5.14. The smallest absolute Gasteiger partial charge is 0.144 e. The monoisotopic (exact) mass is 368 g/mol. The summed E-state index contributed by atoms with van der Waals surface area (Å²) in [5, 5.41) is 19.9. The Morgan fingerprint density at radius 2 is 1.48 bits per heavy atom. The molecule has 0 saturated heterocycles. The third-order valence-corrected chi connectivity index (χ3v) is 4.21. The second-order valence-electron chi connectivity index (χ2n) is 6.20. The molecule has 0 aliphatic carbocycles. The second-order valence-corrected chi connectivity index (χ2v) is 6.20. The maximum atomic E-state index is 10.4. The molecular formula is C21H24N2O4. The van der Waals surface area contributed by atoms with E-state index in [1.165, 1.54) is 0 Å². The third-order valence-electron chi connectivity index (χ3n) is 4.21. The number of benzene rings is 2. The van der Waals surface area contributed by atoms with Crippen molar-refractivity contribution in [3.63, 3.8) is 0 Å². The predicted molar refractivity (Wildman–Crippen MR) is 101 cm³/mol. The van der Waals surface area contributed by atoms with E-state index in [1.807, 2.05) is 60.7 Å². The average Bonchev–Trinajstić information content (AvgIpc) is 3.26. The first-order valence-electron chi connectivity index (χ1n) is 8.87. The van der Waals surface area contributed by atoms with Crippen molar-refractivity contribution in [3.05, 3.63) is 90.0 Å². The maximum Gasteiger partial charge on any atom is 0.144 e. The average molecular weight is 368 g/mol. The van der Waals surface area contributed by atoms with Crippen LogP contribution in [0.25, 0.3) is 0 Å². The standard InChI is InChI=1S/C21H24N2O4/c24-13-18(25)19(26-14-16-7-3-1-4-8-16)20(21-22-11-12-23-21)27-15-17-9-5-2-6-10-17/h1-12,18-20,24-25H,13-15H2,(H,22,23)/t18-,19+,20+/m1/s1. The molecule has 3 aromatic rings. The highest BCUT2D eigenvalue weighted by Gasteiger charge is 2.33. The van der Waals surface area contributed by atoms with Crippen LogP contribution < -0.4 is 0 Å². The molecule has 142 valence electrons. The summed E-state index contributed by atoms with van der Waals surface area (Å²) in [4.78, 5) is 7.29. The molecule has 0 aliphatic heterocycles. The highest BCUT2D eigenvalue weighted by atomic mass is 16.5. The summed E-state index contributed by atoms with van der Waals surface area (Å²) in [5.74, 6) is 0.538. The van der Waals surface area contributed by atoms with Gasteiger partial charge in [-0.05, 0) is 11.1 Å². The van der Waals surface area contributed by atoms with Crippen LogP contribution in [0.5, 0.6) is 0 Å². The van der Waals surface area contributed by atoms with Crippen molar-refractivity contribution < 1.29 is 19.7 Å². The topological polar surface area (TPSA) is 87.6 Å². The lowest BCUT2D eigenvalue weighted by Gasteiger charge is -2.29. The number of ether oxygens (including phenoxy) is 2. The van der Waals surface area contributed by atoms with Gasteiger partial charge < -0.3 is 24.7 Å². The van der Waals surface area contributed by atoms with Gasteiger partial charge in [-0.1, -0.05) is 60.7 Å². The Morgan fingerprint density at radius 3 is 2.00 bits per heavy atom. The zero-order valence-electron chi connectivity index (χ0n) is 14.9.